The van der Waals surface area contributed by atoms with E-state index in [1.165, 1.54) is 28.6 Å². The minimum atomic E-state index is -3.38. The topological polar surface area (TPSA) is 160 Å². The third-order valence-corrected chi connectivity index (χ3v) is 7.27. The average molecular weight is 710 g/mol. The van der Waals surface area contributed by atoms with Gasteiger partial charge in [-0.2, -0.15) is 4.31 Å². The molecular formula is C24H29Cl3F2N4O8S2. The number of morpholine rings is 2. The van der Waals surface area contributed by atoms with Crippen LogP contribution in [-0.4, -0.2) is 97.1 Å². The van der Waals surface area contributed by atoms with E-state index >= 15 is 0 Å². The van der Waals surface area contributed by atoms with Gasteiger partial charge in [0.1, 0.15) is 23.8 Å². The number of nitrogens with zero attached hydrogens (tertiary/aromatic N) is 1. The van der Waals surface area contributed by atoms with Crippen LogP contribution in [0.4, 0.5) is 20.2 Å². The van der Waals surface area contributed by atoms with E-state index in [1.54, 1.807) is 6.07 Å². The van der Waals surface area contributed by atoms with E-state index in [-0.39, 0.29) is 41.3 Å². The van der Waals surface area contributed by atoms with Gasteiger partial charge in [-0.1, -0.05) is 23.2 Å². The molecule has 2 heterocycles. The highest BCUT2D eigenvalue weighted by Gasteiger charge is 2.31. The summed E-state index contributed by atoms with van der Waals surface area (Å²) in [5.41, 5.74) is 0.591. The molecule has 2 amide bonds. The Balaban J connectivity index is 0.000000264. The number of halogens is 5. The van der Waals surface area contributed by atoms with Crippen molar-refractivity contribution >= 4 is 76.1 Å². The third kappa shape index (κ3) is 14.0. The molecule has 43 heavy (non-hydrogen) atoms. The number of carbonyl (C=O) groups is 2. The van der Waals surface area contributed by atoms with Crippen LogP contribution in [0.15, 0.2) is 36.4 Å². The second kappa shape index (κ2) is 16.8. The summed E-state index contributed by atoms with van der Waals surface area (Å²) in [6.45, 7) is 1.95. The second-order valence-corrected chi connectivity index (χ2v) is 14.8. The summed E-state index contributed by atoms with van der Waals surface area (Å²) in [6.07, 6.45) is 0.519. The number of amides is 2. The van der Waals surface area contributed by atoms with Gasteiger partial charge < -0.3 is 25.4 Å². The summed E-state index contributed by atoms with van der Waals surface area (Å²) < 4.78 is 79.9. The Morgan fingerprint density at radius 3 is 1.77 bits per heavy atom. The van der Waals surface area contributed by atoms with Crippen LogP contribution in [-0.2, 0) is 38.1 Å². The fraction of sp³-hybridized carbons (Fsp3) is 0.417. The first kappa shape index (κ1) is 37.0. The molecule has 0 saturated carbocycles. The largest absolute Gasteiger partial charge is 0.366 e. The molecule has 2 aromatic carbocycles. The quantitative estimate of drug-likeness (QED) is 0.397. The fourth-order valence-electron chi connectivity index (χ4n) is 3.41. The molecule has 0 spiro atoms. The summed E-state index contributed by atoms with van der Waals surface area (Å²) in [5.74, 6) is -2.05. The van der Waals surface area contributed by atoms with Crippen LogP contribution >= 0.6 is 33.9 Å². The van der Waals surface area contributed by atoms with Crippen LogP contribution in [0.5, 0.6) is 0 Å². The Kier molecular flexibility index (Phi) is 14.5. The molecule has 0 aliphatic carbocycles. The first-order chi connectivity index (χ1) is 19.9. The molecule has 240 valence electrons. The molecule has 2 saturated heterocycles. The van der Waals surface area contributed by atoms with Crippen molar-refractivity contribution in [1.29, 1.82) is 0 Å². The van der Waals surface area contributed by atoms with Crippen molar-refractivity contribution in [2.24, 2.45) is 0 Å². The first-order valence-corrected chi connectivity index (χ1v) is 17.6. The zero-order valence-electron chi connectivity index (χ0n) is 22.8. The monoisotopic (exact) mass is 708 g/mol. The van der Waals surface area contributed by atoms with Crippen LogP contribution in [0, 0.1) is 11.6 Å². The number of sulfonamides is 1. The Morgan fingerprint density at radius 1 is 0.884 bits per heavy atom. The molecule has 0 bridgehead atoms. The summed E-state index contributed by atoms with van der Waals surface area (Å²) in [7, 11) is -2.07. The highest BCUT2D eigenvalue weighted by Crippen LogP contribution is 2.20. The molecule has 2 aliphatic rings. The zero-order valence-corrected chi connectivity index (χ0v) is 26.7. The average Bonchev–Trinajstić information content (AvgIpc) is 2.92. The van der Waals surface area contributed by atoms with Crippen molar-refractivity contribution in [1.82, 2.24) is 9.62 Å². The number of hydrogen-bond donors (Lipinski definition) is 3. The van der Waals surface area contributed by atoms with Crippen molar-refractivity contribution in [3.8, 4) is 0 Å². The number of rotatable bonds is 5. The van der Waals surface area contributed by atoms with Crippen molar-refractivity contribution in [2.45, 2.75) is 12.2 Å². The maximum Gasteiger partial charge on any atom is 0.254 e. The lowest BCUT2D eigenvalue weighted by molar-refractivity contribution is -0.130. The highest BCUT2D eigenvalue weighted by molar-refractivity contribution is 8.13. The van der Waals surface area contributed by atoms with Crippen molar-refractivity contribution in [3.05, 3.63) is 58.1 Å². The normalized spacial score (nSPS) is 19.1. The van der Waals surface area contributed by atoms with Gasteiger partial charge in [0, 0.05) is 48.2 Å². The van der Waals surface area contributed by atoms with Gasteiger partial charge >= 0.3 is 0 Å². The molecule has 4 rings (SSSR count). The number of nitrogens with one attached hydrogen (secondary N) is 3. The number of benzene rings is 2. The summed E-state index contributed by atoms with van der Waals surface area (Å²) in [6, 6.07) is 7.96. The van der Waals surface area contributed by atoms with Crippen LogP contribution in [0.1, 0.15) is 0 Å². The van der Waals surface area contributed by atoms with Crippen molar-refractivity contribution in [2.75, 3.05) is 62.5 Å². The van der Waals surface area contributed by atoms with E-state index in [0.29, 0.717) is 18.8 Å². The van der Waals surface area contributed by atoms with Gasteiger partial charge in [0.15, 0.2) is 0 Å². The van der Waals surface area contributed by atoms with Gasteiger partial charge in [0.05, 0.1) is 35.8 Å². The Morgan fingerprint density at radius 2 is 1.35 bits per heavy atom. The SMILES string of the molecule is CS(=O)(=O)Cl.CS(=O)(=O)N1CCOC(C(=O)Nc2ccc(Cl)c(F)c2)C1.O=C(Nc1ccc(Cl)c(F)c1)C1CNCCO1. The maximum atomic E-state index is 13.3. The van der Waals surface area contributed by atoms with Crippen LogP contribution < -0.4 is 16.0 Å². The third-order valence-electron chi connectivity index (χ3n) is 5.38. The summed E-state index contributed by atoms with van der Waals surface area (Å²) >= 11 is 11.1. The molecule has 2 atom stereocenters. The van der Waals surface area contributed by atoms with Gasteiger partial charge in [-0.05, 0) is 36.4 Å². The number of ether oxygens (including phenoxy) is 2. The molecule has 0 aromatic heterocycles. The van der Waals surface area contributed by atoms with Crippen molar-refractivity contribution in [3.63, 3.8) is 0 Å². The Labute approximate surface area is 262 Å². The predicted molar refractivity (Wildman–Crippen MR) is 160 cm³/mol. The van der Waals surface area contributed by atoms with E-state index in [1.807, 2.05) is 0 Å². The molecule has 3 N–H and O–H groups in total. The summed E-state index contributed by atoms with van der Waals surface area (Å²) in [5, 5.41) is 8.06. The molecule has 12 nitrogen and oxygen atoms in total. The van der Waals surface area contributed by atoms with E-state index in [4.69, 9.17) is 32.7 Å². The maximum absolute atomic E-state index is 13.3. The van der Waals surface area contributed by atoms with Gasteiger partial charge in [-0.3, -0.25) is 9.59 Å². The van der Waals surface area contributed by atoms with Gasteiger partial charge in [0.25, 0.3) is 11.8 Å². The van der Waals surface area contributed by atoms with Crippen LogP contribution in [0.25, 0.3) is 0 Å². The molecule has 2 unspecified atom stereocenters. The molecule has 2 aliphatic heterocycles. The lowest BCUT2D eigenvalue weighted by Gasteiger charge is -2.30. The molecular weight excluding hydrogens is 681 g/mol. The summed E-state index contributed by atoms with van der Waals surface area (Å²) in [4.78, 5) is 23.8. The Bertz CT molecular complexity index is 1490. The number of hydrogen-bond acceptors (Lipinski definition) is 9. The van der Waals surface area contributed by atoms with Gasteiger partial charge in [-0.25, -0.2) is 25.6 Å². The van der Waals surface area contributed by atoms with Crippen molar-refractivity contribution < 1.29 is 44.7 Å². The van der Waals surface area contributed by atoms with Gasteiger partial charge in [0.2, 0.25) is 19.1 Å². The molecule has 0 radical (unpaired) electrons. The lowest BCUT2D eigenvalue weighted by atomic mass is 10.2. The van der Waals surface area contributed by atoms with Crippen LogP contribution in [0.2, 0.25) is 10.0 Å². The molecule has 19 heteroatoms. The smallest absolute Gasteiger partial charge is 0.254 e. The highest BCUT2D eigenvalue weighted by atomic mass is 35.7. The lowest BCUT2D eigenvalue weighted by Crippen LogP contribution is -2.49. The second-order valence-electron chi connectivity index (χ2n) is 8.96. The Hall–Kier alpha value is -2.15. The van der Waals surface area contributed by atoms with Gasteiger partial charge in [-0.15, -0.1) is 0 Å². The number of anilines is 2. The molecule has 2 fully saturated rings. The zero-order chi connectivity index (χ0) is 32.4. The van der Waals surface area contributed by atoms with E-state index in [2.05, 4.69) is 26.6 Å². The van der Waals surface area contributed by atoms with E-state index in [0.717, 1.165) is 25.1 Å². The minimum absolute atomic E-state index is 0.0265. The molecule has 2 aromatic rings. The van der Waals surface area contributed by atoms with E-state index < -0.39 is 48.8 Å². The standard InChI is InChI=1S/C12H14ClFN2O4S.C11H12ClFN2O2.CH3ClO2S/c1-21(18,19)16-4-5-20-11(7-16)12(17)15-8-2-3-9(13)10(14)6-8;12-8-2-1-7(5-9(8)13)15-11(16)10-6-14-3-4-17-10;1-5(2,3)4/h2-3,6,11H,4-5,7H2,1H3,(H,15,17);1-2,5,10,14H,3-4,6H2,(H,15,16);1H3. The predicted octanol–water partition coefficient (Wildman–Crippen LogP) is 2.67. The minimum Gasteiger partial charge on any atom is -0.366 e. The van der Waals surface area contributed by atoms with Crippen LogP contribution in [0.3, 0.4) is 0 Å². The fourth-order valence-corrected chi connectivity index (χ4v) is 4.46. The first-order valence-electron chi connectivity index (χ1n) is 12.2. The van der Waals surface area contributed by atoms with E-state index in [9.17, 15) is 35.2 Å². The number of carbonyl (C=O) groups excluding carboxylic acids is 2.